The summed E-state index contributed by atoms with van der Waals surface area (Å²) in [5.41, 5.74) is 4.44. The van der Waals surface area contributed by atoms with Crippen LogP contribution in [0.3, 0.4) is 0 Å². The van der Waals surface area contributed by atoms with Gasteiger partial charge in [-0.15, -0.1) is 0 Å². The van der Waals surface area contributed by atoms with Gasteiger partial charge in [-0.2, -0.15) is 0 Å². The average Bonchev–Trinajstić information content (AvgIpc) is 2.99. The highest BCUT2D eigenvalue weighted by atomic mass is 16.2. The molecule has 2 aliphatic rings. The van der Waals surface area contributed by atoms with Crippen molar-refractivity contribution in [3.8, 4) is 0 Å². The van der Waals surface area contributed by atoms with E-state index in [9.17, 15) is 9.59 Å². The fourth-order valence-corrected chi connectivity index (χ4v) is 4.87. The van der Waals surface area contributed by atoms with Gasteiger partial charge in [0.1, 0.15) is 5.78 Å². The predicted molar refractivity (Wildman–Crippen MR) is 125 cm³/mol. The number of nitrogens with one attached hydrogen (secondary N) is 1. The molecule has 0 fully saturated rings. The summed E-state index contributed by atoms with van der Waals surface area (Å²) in [6, 6.07) is 21.2. The Morgan fingerprint density at radius 3 is 2.53 bits per heavy atom. The van der Waals surface area contributed by atoms with Crippen molar-refractivity contribution in [2.75, 3.05) is 10.2 Å². The normalized spacial score (nSPS) is 22.2. The monoisotopic (exact) mass is 423 g/mol. The van der Waals surface area contributed by atoms with Gasteiger partial charge in [-0.1, -0.05) is 61.5 Å². The van der Waals surface area contributed by atoms with Crippen LogP contribution in [0.25, 0.3) is 0 Å². The molecule has 3 unspecified atom stereocenters. The number of hydrogen-bond donors (Lipinski definition) is 1. The van der Waals surface area contributed by atoms with E-state index >= 15 is 0 Å². The Morgan fingerprint density at radius 1 is 1.03 bits per heavy atom. The van der Waals surface area contributed by atoms with E-state index in [1.807, 2.05) is 61.5 Å². The lowest BCUT2D eigenvalue weighted by atomic mass is 9.76. The van der Waals surface area contributed by atoms with Crippen LogP contribution in [0.5, 0.6) is 0 Å². The molecule has 1 amide bonds. The van der Waals surface area contributed by atoms with Crippen molar-refractivity contribution in [3.05, 3.63) is 102 Å². The molecule has 1 aliphatic heterocycles. The van der Waals surface area contributed by atoms with Crippen molar-refractivity contribution in [2.45, 2.75) is 31.7 Å². The van der Waals surface area contributed by atoms with Crippen molar-refractivity contribution in [1.29, 1.82) is 0 Å². The Hall–Kier alpha value is -3.73. The van der Waals surface area contributed by atoms with E-state index in [2.05, 4.69) is 28.5 Å². The van der Waals surface area contributed by atoms with Crippen LogP contribution in [0.15, 0.2) is 90.9 Å². The average molecular weight is 424 g/mol. The number of nitrogens with zero attached hydrogens (tertiary/aromatic N) is 2. The molecular weight excluding hydrogens is 398 g/mol. The second-order valence-electron chi connectivity index (χ2n) is 8.28. The number of hydrogen-bond acceptors (Lipinski definition) is 4. The predicted octanol–water partition coefficient (Wildman–Crippen LogP) is 5.25. The minimum atomic E-state index is -0.484. The van der Waals surface area contributed by atoms with Crippen molar-refractivity contribution in [3.63, 3.8) is 0 Å². The molecule has 2 aromatic carbocycles. The van der Waals surface area contributed by atoms with Crippen LogP contribution >= 0.6 is 0 Å². The first-order valence-corrected chi connectivity index (χ1v) is 11.0. The maximum Gasteiger partial charge on any atom is 0.227 e. The number of Topliss-reactive ketones (excluding diaryl/α,β-unsaturated/α-hetero) is 1. The maximum atomic E-state index is 13.7. The molecule has 5 rings (SSSR count). The highest BCUT2D eigenvalue weighted by molar-refractivity contribution is 6.01. The van der Waals surface area contributed by atoms with Gasteiger partial charge in [0.05, 0.1) is 23.3 Å². The van der Waals surface area contributed by atoms with Gasteiger partial charge >= 0.3 is 0 Å². The smallest absolute Gasteiger partial charge is 0.227 e. The van der Waals surface area contributed by atoms with Gasteiger partial charge in [0.2, 0.25) is 5.91 Å². The first-order valence-electron chi connectivity index (χ1n) is 11.0. The number of allylic oxidation sites excluding steroid dienone is 1. The number of para-hydroxylation sites is 2. The van der Waals surface area contributed by atoms with Crippen LogP contribution < -0.4 is 10.2 Å². The van der Waals surface area contributed by atoms with Crippen LogP contribution in [-0.2, 0) is 9.59 Å². The van der Waals surface area contributed by atoms with Crippen LogP contribution in [0.2, 0.25) is 0 Å². The van der Waals surface area contributed by atoms with E-state index < -0.39 is 12.0 Å². The van der Waals surface area contributed by atoms with Crippen molar-refractivity contribution in [1.82, 2.24) is 4.98 Å². The molecule has 0 saturated heterocycles. The minimum Gasteiger partial charge on any atom is -0.357 e. The third-order valence-electron chi connectivity index (χ3n) is 6.35. The third kappa shape index (κ3) is 3.50. The van der Waals surface area contributed by atoms with Crippen molar-refractivity contribution in [2.24, 2.45) is 5.92 Å². The van der Waals surface area contributed by atoms with Gasteiger partial charge in [0.15, 0.2) is 0 Å². The van der Waals surface area contributed by atoms with Gasteiger partial charge in [-0.05, 0) is 29.3 Å². The van der Waals surface area contributed by atoms with E-state index in [0.29, 0.717) is 12.8 Å². The van der Waals surface area contributed by atoms with Crippen molar-refractivity contribution < 1.29 is 9.59 Å². The molecule has 5 nitrogen and oxygen atoms in total. The second-order valence-corrected chi connectivity index (χ2v) is 8.28. The quantitative estimate of drug-likeness (QED) is 0.625. The maximum absolute atomic E-state index is 13.7. The SMILES string of the molecule is CCC(=O)N1c2ccccc2NC2=CC(c3ccccc3)CC(=O)C2C1c1cccnc1. The first-order chi connectivity index (χ1) is 15.7. The molecule has 32 heavy (non-hydrogen) atoms. The van der Waals surface area contributed by atoms with E-state index in [4.69, 9.17) is 0 Å². The summed E-state index contributed by atoms with van der Waals surface area (Å²) < 4.78 is 0. The number of ketones is 1. The topological polar surface area (TPSA) is 62.3 Å². The molecule has 0 saturated carbocycles. The molecule has 3 atom stereocenters. The van der Waals surface area contributed by atoms with Crippen LogP contribution in [0, 0.1) is 5.92 Å². The lowest BCUT2D eigenvalue weighted by Crippen LogP contribution is -2.42. The zero-order valence-corrected chi connectivity index (χ0v) is 17.9. The van der Waals surface area contributed by atoms with Crippen LogP contribution in [0.4, 0.5) is 11.4 Å². The molecule has 5 heteroatoms. The number of carbonyl (C=O) groups is 2. The van der Waals surface area contributed by atoms with Crippen LogP contribution in [0.1, 0.15) is 42.9 Å². The van der Waals surface area contributed by atoms with Gasteiger partial charge in [-0.3, -0.25) is 14.6 Å². The number of benzene rings is 2. The number of amides is 1. The fraction of sp³-hybridized carbons (Fsp3) is 0.222. The van der Waals surface area contributed by atoms with E-state index in [-0.39, 0.29) is 17.6 Å². The summed E-state index contributed by atoms with van der Waals surface area (Å²) in [5.74, 6) is -0.383. The summed E-state index contributed by atoms with van der Waals surface area (Å²) in [4.78, 5) is 33.1. The summed E-state index contributed by atoms with van der Waals surface area (Å²) in [5, 5.41) is 3.53. The molecule has 160 valence electrons. The summed E-state index contributed by atoms with van der Waals surface area (Å²) in [7, 11) is 0. The Labute approximate surface area is 187 Å². The lowest BCUT2D eigenvalue weighted by molar-refractivity contribution is -0.123. The highest BCUT2D eigenvalue weighted by Gasteiger charge is 2.44. The second kappa shape index (κ2) is 8.42. The van der Waals surface area contributed by atoms with Crippen LogP contribution in [-0.4, -0.2) is 16.7 Å². The van der Waals surface area contributed by atoms with E-state index in [0.717, 1.165) is 28.2 Å². The summed E-state index contributed by atoms with van der Waals surface area (Å²) >= 11 is 0. The Bertz CT molecular complexity index is 1170. The molecule has 1 N–H and O–H groups in total. The molecular formula is C27H25N3O2. The molecule has 2 heterocycles. The molecule has 1 aliphatic carbocycles. The molecule has 3 aromatic rings. The standard InChI is InChI=1S/C27H25N3O2/c1-2-25(32)30-23-13-7-6-12-21(23)29-22-15-20(18-9-4-3-5-10-18)16-24(31)26(22)27(30)19-11-8-14-28-17-19/h3-15,17,20,26-27,29H,2,16H2,1H3. The van der Waals surface area contributed by atoms with Crippen molar-refractivity contribution >= 4 is 23.1 Å². The number of anilines is 2. The number of carbonyl (C=O) groups excluding carboxylic acids is 2. The van der Waals surface area contributed by atoms with Gasteiger partial charge in [-0.25, -0.2) is 0 Å². The number of fused-ring (bicyclic) bond motifs is 2. The first kappa shape index (κ1) is 20.2. The number of pyridine rings is 1. The molecule has 0 bridgehead atoms. The Kier molecular flexibility index (Phi) is 5.31. The highest BCUT2D eigenvalue weighted by Crippen LogP contribution is 2.47. The third-order valence-corrected chi connectivity index (χ3v) is 6.35. The van der Waals surface area contributed by atoms with E-state index in [1.165, 1.54) is 0 Å². The lowest BCUT2D eigenvalue weighted by Gasteiger charge is -2.37. The van der Waals surface area contributed by atoms with Gasteiger partial charge in [0.25, 0.3) is 0 Å². The zero-order valence-electron chi connectivity index (χ0n) is 17.9. The van der Waals surface area contributed by atoms with Gasteiger partial charge in [0, 0.05) is 36.9 Å². The minimum absolute atomic E-state index is 0.00223. The van der Waals surface area contributed by atoms with Gasteiger partial charge < -0.3 is 10.2 Å². The molecule has 1 aromatic heterocycles. The number of aromatic nitrogens is 1. The Balaban J connectivity index is 1.72. The summed E-state index contributed by atoms with van der Waals surface area (Å²) in [6.07, 6.45) is 6.40. The fourth-order valence-electron chi connectivity index (χ4n) is 4.87. The summed E-state index contributed by atoms with van der Waals surface area (Å²) in [6.45, 7) is 1.86. The number of rotatable bonds is 3. The molecule has 0 radical (unpaired) electrons. The zero-order chi connectivity index (χ0) is 22.1. The largest absolute Gasteiger partial charge is 0.357 e. The van der Waals surface area contributed by atoms with E-state index in [1.54, 1.807) is 17.3 Å². The molecule has 0 spiro atoms. The Morgan fingerprint density at radius 2 is 1.78 bits per heavy atom.